The van der Waals surface area contributed by atoms with E-state index in [-0.39, 0.29) is 5.91 Å². The van der Waals surface area contributed by atoms with E-state index in [1.165, 1.54) is 35.1 Å². The monoisotopic (exact) mass is 506 g/mol. The molecule has 0 fully saturated rings. The van der Waals surface area contributed by atoms with Gasteiger partial charge in [0.25, 0.3) is 5.91 Å². The lowest BCUT2D eigenvalue weighted by molar-refractivity contribution is 0.0985. The van der Waals surface area contributed by atoms with Crippen LogP contribution in [0.15, 0.2) is 60.7 Å². The Labute approximate surface area is 218 Å². The molecule has 2 aliphatic carbocycles. The molecule has 2 aliphatic rings. The van der Waals surface area contributed by atoms with E-state index < -0.39 is 0 Å². The summed E-state index contributed by atoms with van der Waals surface area (Å²) in [6.07, 6.45) is 7.65. The molecule has 3 aromatic carbocycles. The van der Waals surface area contributed by atoms with Gasteiger partial charge in [0.15, 0.2) is 0 Å². The average molecular weight is 508 g/mol. The molecule has 0 atom stereocenters. The van der Waals surface area contributed by atoms with Crippen molar-refractivity contribution in [1.29, 1.82) is 0 Å². The highest BCUT2D eigenvalue weighted by atomic mass is 35.5. The van der Waals surface area contributed by atoms with Crippen LogP contribution in [0, 0.1) is 0 Å². The molecule has 3 aromatic rings. The van der Waals surface area contributed by atoms with Crippen molar-refractivity contribution in [1.82, 2.24) is 4.90 Å². The zero-order chi connectivity index (χ0) is 24.4. The van der Waals surface area contributed by atoms with Crippen LogP contribution in [0.25, 0.3) is 0 Å². The van der Waals surface area contributed by atoms with Gasteiger partial charge in [-0.05, 0) is 111 Å². The minimum Gasteiger partial charge on any atom is -0.308 e. The van der Waals surface area contributed by atoms with Gasteiger partial charge in [-0.15, -0.1) is 0 Å². The van der Waals surface area contributed by atoms with Gasteiger partial charge < -0.3 is 9.80 Å². The fraction of sp³-hybridized carbons (Fsp3) is 0.367. The van der Waals surface area contributed by atoms with E-state index in [1.807, 2.05) is 17.0 Å². The van der Waals surface area contributed by atoms with Crippen LogP contribution in [0.1, 0.15) is 51.9 Å². The summed E-state index contributed by atoms with van der Waals surface area (Å²) in [4.78, 5) is 18.1. The number of fused-ring (bicyclic) bond motifs is 2. The van der Waals surface area contributed by atoms with Crippen molar-refractivity contribution in [3.63, 3.8) is 0 Å². The predicted octanol–water partition coefficient (Wildman–Crippen LogP) is 7.01. The van der Waals surface area contributed by atoms with Gasteiger partial charge in [-0.3, -0.25) is 4.79 Å². The molecule has 0 aliphatic heterocycles. The molecule has 0 spiro atoms. The molecule has 0 saturated heterocycles. The van der Waals surface area contributed by atoms with Crippen molar-refractivity contribution < 1.29 is 4.79 Å². The lowest BCUT2D eigenvalue weighted by atomic mass is 9.90. The van der Waals surface area contributed by atoms with Gasteiger partial charge in [-0.1, -0.05) is 53.5 Å². The van der Waals surface area contributed by atoms with Crippen molar-refractivity contribution in [2.45, 2.75) is 51.0 Å². The summed E-state index contributed by atoms with van der Waals surface area (Å²) in [5.41, 5.74) is 7.16. The number of carbonyl (C=O) groups excluding carboxylic acids is 1. The Kier molecular flexibility index (Phi) is 7.48. The molecule has 0 aromatic heterocycles. The van der Waals surface area contributed by atoms with Crippen LogP contribution in [0.5, 0.6) is 0 Å². The number of benzene rings is 3. The number of amides is 1. The maximum absolute atomic E-state index is 13.7. The summed E-state index contributed by atoms with van der Waals surface area (Å²) in [6, 6.07) is 20.9. The summed E-state index contributed by atoms with van der Waals surface area (Å²) in [5.74, 6) is 0.0210. The van der Waals surface area contributed by atoms with E-state index in [1.54, 1.807) is 12.1 Å². The lowest BCUT2D eigenvalue weighted by Gasteiger charge is -2.28. The first-order valence-corrected chi connectivity index (χ1v) is 13.4. The standard InChI is InChI=1S/C30H32Cl2N2O/c1-33(27-18-23-9-4-5-10-24(23)19-27)15-6-16-34(26-13-14-28(31)29(32)20-26)30(35)25-12-11-21-7-2-3-8-22(21)17-25/h4-5,9-14,17,20,27H,2-3,6-8,15-16,18-19H2,1H3. The Morgan fingerprint density at radius 3 is 2.26 bits per heavy atom. The quantitative estimate of drug-likeness (QED) is 0.344. The van der Waals surface area contributed by atoms with Crippen LogP contribution in [-0.4, -0.2) is 37.0 Å². The molecule has 1 amide bonds. The zero-order valence-corrected chi connectivity index (χ0v) is 21.8. The van der Waals surface area contributed by atoms with Gasteiger partial charge in [0.2, 0.25) is 0 Å². The molecular weight excluding hydrogens is 475 g/mol. The zero-order valence-electron chi connectivity index (χ0n) is 20.3. The summed E-state index contributed by atoms with van der Waals surface area (Å²) in [6.45, 7) is 1.55. The Balaban J connectivity index is 1.30. The second-order valence-corrected chi connectivity index (χ2v) is 10.7. The number of halogens is 2. The van der Waals surface area contributed by atoms with Crippen LogP contribution in [0.3, 0.4) is 0 Å². The molecular formula is C30H32Cl2N2O. The molecule has 3 nitrogen and oxygen atoms in total. The second-order valence-electron chi connectivity index (χ2n) is 9.91. The second kappa shape index (κ2) is 10.7. The number of likely N-dealkylation sites (N-methyl/N-ethyl adjacent to an activating group) is 1. The molecule has 0 unspecified atom stereocenters. The van der Waals surface area contributed by atoms with Crippen LogP contribution in [0.4, 0.5) is 5.69 Å². The largest absolute Gasteiger partial charge is 0.308 e. The summed E-state index contributed by atoms with van der Waals surface area (Å²) >= 11 is 12.5. The van der Waals surface area contributed by atoms with Crippen LogP contribution in [-0.2, 0) is 25.7 Å². The summed E-state index contributed by atoms with van der Waals surface area (Å²) in [5, 5.41) is 0.963. The highest BCUT2D eigenvalue weighted by Crippen LogP contribution is 2.30. The normalized spacial score (nSPS) is 15.2. The van der Waals surface area contributed by atoms with E-state index in [4.69, 9.17) is 23.2 Å². The molecule has 0 radical (unpaired) electrons. The highest BCUT2D eigenvalue weighted by molar-refractivity contribution is 6.42. The van der Waals surface area contributed by atoms with Crippen molar-refractivity contribution in [3.05, 3.63) is 98.5 Å². The van der Waals surface area contributed by atoms with Gasteiger partial charge in [-0.2, -0.15) is 0 Å². The number of aryl methyl sites for hydroxylation is 2. The first kappa shape index (κ1) is 24.4. The molecule has 0 saturated carbocycles. The maximum atomic E-state index is 13.7. The molecule has 182 valence electrons. The van der Waals surface area contributed by atoms with Crippen LogP contribution in [0.2, 0.25) is 10.0 Å². The van der Waals surface area contributed by atoms with Crippen LogP contribution < -0.4 is 4.90 Å². The van der Waals surface area contributed by atoms with Gasteiger partial charge >= 0.3 is 0 Å². The Hall–Kier alpha value is -2.33. The summed E-state index contributed by atoms with van der Waals surface area (Å²) in [7, 11) is 2.20. The van der Waals surface area contributed by atoms with Crippen molar-refractivity contribution in [2.75, 3.05) is 25.0 Å². The fourth-order valence-corrected chi connectivity index (χ4v) is 5.82. The number of carbonyl (C=O) groups is 1. The third-order valence-corrected chi connectivity index (χ3v) is 8.34. The maximum Gasteiger partial charge on any atom is 0.258 e. The predicted molar refractivity (Wildman–Crippen MR) is 146 cm³/mol. The Bertz CT molecular complexity index is 1200. The average Bonchev–Trinajstić information content (AvgIpc) is 3.32. The third kappa shape index (κ3) is 5.43. The Morgan fingerprint density at radius 2 is 1.54 bits per heavy atom. The number of rotatable bonds is 7. The van der Waals surface area contributed by atoms with E-state index >= 15 is 0 Å². The number of anilines is 1. The fourth-order valence-electron chi connectivity index (χ4n) is 5.53. The number of hydrogen-bond acceptors (Lipinski definition) is 2. The minimum atomic E-state index is 0.0210. The molecule has 5 heteroatoms. The molecule has 5 rings (SSSR count). The smallest absolute Gasteiger partial charge is 0.258 e. The Morgan fingerprint density at radius 1 is 0.829 bits per heavy atom. The van der Waals surface area contributed by atoms with E-state index in [0.717, 1.165) is 49.9 Å². The minimum absolute atomic E-state index is 0.0210. The molecule has 35 heavy (non-hydrogen) atoms. The number of nitrogens with zero attached hydrogens (tertiary/aromatic N) is 2. The lowest BCUT2D eigenvalue weighted by Crippen LogP contribution is -2.37. The van der Waals surface area contributed by atoms with Gasteiger partial charge in [0.05, 0.1) is 10.0 Å². The number of hydrogen-bond donors (Lipinski definition) is 0. The van der Waals surface area contributed by atoms with Crippen LogP contribution >= 0.6 is 23.2 Å². The SMILES string of the molecule is CN(CCCN(C(=O)c1ccc2c(c1)CCCC2)c1ccc(Cl)c(Cl)c1)C1Cc2ccccc2C1. The van der Waals surface area contributed by atoms with E-state index in [0.29, 0.717) is 22.6 Å². The van der Waals surface area contributed by atoms with E-state index in [9.17, 15) is 4.79 Å². The van der Waals surface area contributed by atoms with Gasteiger partial charge in [-0.25, -0.2) is 0 Å². The van der Waals surface area contributed by atoms with Gasteiger partial charge in [0, 0.05) is 23.8 Å². The molecule has 0 N–H and O–H groups in total. The first-order chi connectivity index (χ1) is 17.0. The molecule has 0 bridgehead atoms. The summed E-state index contributed by atoms with van der Waals surface area (Å²) < 4.78 is 0. The van der Waals surface area contributed by atoms with Crippen molar-refractivity contribution in [2.24, 2.45) is 0 Å². The highest BCUT2D eigenvalue weighted by Gasteiger charge is 2.25. The molecule has 0 heterocycles. The van der Waals surface area contributed by atoms with Crippen molar-refractivity contribution >= 4 is 34.8 Å². The first-order valence-electron chi connectivity index (χ1n) is 12.7. The third-order valence-electron chi connectivity index (χ3n) is 7.60. The topological polar surface area (TPSA) is 23.6 Å². The van der Waals surface area contributed by atoms with E-state index in [2.05, 4.69) is 48.3 Å². The van der Waals surface area contributed by atoms with Gasteiger partial charge in [0.1, 0.15) is 0 Å². The van der Waals surface area contributed by atoms with Crippen molar-refractivity contribution in [3.8, 4) is 0 Å².